The minimum absolute atomic E-state index is 0.0227. The van der Waals surface area contributed by atoms with E-state index in [2.05, 4.69) is 47.4 Å². The van der Waals surface area contributed by atoms with Gasteiger partial charge in [0.05, 0.1) is 5.69 Å². The zero-order valence-electron chi connectivity index (χ0n) is 15.4. The van der Waals surface area contributed by atoms with Gasteiger partial charge in [-0.15, -0.1) is 0 Å². The summed E-state index contributed by atoms with van der Waals surface area (Å²) >= 11 is 0. The molecule has 5 rings (SSSR count). The van der Waals surface area contributed by atoms with Crippen LogP contribution in [0, 0.1) is 0 Å². The summed E-state index contributed by atoms with van der Waals surface area (Å²) in [4.78, 5) is 16.3. The van der Waals surface area contributed by atoms with Gasteiger partial charge in [-0.3, -0.25) is 4.79 Å². The Morgan fingerprint density at radius 2 is 1.32 bits per heavy atom. The fourth-order valence-corrected chi connectivity index (χ4v) is 3.96. The van der Waals surface area contributed by atoms with Crippen LogP contribution in [0.2, 0.25) is 0 Å². The second-order valence-corrected chi connectivity index (χ2v) is 7.05. The Hall–Kier alpha value is -3.65. The molecule has 2 nitrogen and oxygen atoms in total. The van der Waals surface area contributed by atoms with E-state index in [0.717, 1.165) is 38.5 Å². The van der Waals surface area contributed by atoms with E-state index in [9.17, 15) is 4.79 Å². The number of nitrogens with one attached hydrogen (secondary N) is 1. The van der Waals surface area contributed by atoms with Gasteiger partial charge in [0.15, 0.2) is 0 Å². The van der Waals surface area contributed by atoms with Crippen LogP contribution in [-0.2, 0) is 6.42 Å². The molecule has 4 aromatic carbocycles. The Kier molecular flexibility index (Phi) is 4.02. The third kappa shape index (κ3) is 2.80. The minimum Gasteiger partial charge on any atom is -0.321 e. The second-order valence-electron chi connectivity index (χ2n) is 7.05. The van der Waals surface area contributed by atoms with Crippen LogP contribution in [0.15, 0.2) is 102 Å². The highest BCUT2D eigenvalue weighted by atomic mass is 16.1. The summed E-state index contributed by atoms with van der Waals surface area (Å²) in [6.45, 7) is 0. The lowest BCUT2D eigenvalue weighted by molar-refractivity contribution is 1.12. The average Bonchev–Trinajstić information content (AvgIpc) is 2.76. The number of fused-ring (bicyclic) bond motifs is 3. The van der Waals surface area contributed by atoms with Crippen LogP contribution in [0.1, 0.15) is 11.1 Å². The Morgan fingerprint density at radius 3 is 2.11 bits per heavy atom. The summed E-state index contributed by atoms with van der Waals surface area (Å²) in [6.07, 6.45) is 0.611. The predicted molar refractivity (Wildman–Crippen MR) is 117 cm³/mol. The zero-order chi connectivity index (χ0) is 18.9. The van der Waals surface area contributed by atoms with Crippen molar-refractivity contribution >= 4 is 21.5 Å². The van der Waals surface area contributed by atoms with Crippen LogP contribution in [0.25, 0.3) is 32.8 Å². The van der Waals surface area contributed by atoms with Gasteiger partial charge in [0.1, 0.15) is 0 Å². The highest BCUT2D eigenvalue weighted by molar-refractivity contribution is 6.14. The number of rotatable bonds is 3. The van der Waals surface area contributed by atoms with E-state index in [4.69, 9.17) is 0 Å². The molecular weight excluding hydrogens is 342 g/mol. The number of H-pyrrole nitrogens is 1. The first-order chi connectivity index (χ1) is 13.8. The molecule has 0 saturated heterocycles. The van der Waals surface area contributed by atoms with Gasteiger partial charge in [-0.1, -0.05) is 97.1 Å². The Balaban J connectivity index is 1.88. The van der Waals surface area contributed by atoms with Gasteiger partial charge in [-0.05, 0) is 27.3 Å². The SMILES string of the molecule is O=c1[nH]c(-c2ccccc2)c2c(ccc3ccccc32)c1Cc1ccccc1. The minimum atomic E-state index is -0.0227. The van der Waals surface area contributed by atoms with Crippen LogP contribution in [0.5, 0.6) is 0 Å². The molecule has 0 spiro atoms. The largest absolute Gasteiger partial charge is 0.321 e. The molecule has 0 unspecified atom stereocenters. The van der Waals surface area contributed by atoms with Gasteiger partial charge in [0.25, 0.3) is 5.56 Å². The lowest BCUT2D eigenvalue weighted by Gasteiger charge is -2.14. The van der Waals surface area contributed by atoms with Crippen LogP contribution < -0.4 is 5.56 Å². The predicted octanol–water partition coefficient (Wildman–Crippen LogP) is 5.94. The Morgan fingerprint density at radius 1 is 0.643 bits per heavy atom. The summed E-state index contributed by atoms with van der Waals surface area (Å²) in [6, 6.07) is 32.8. The van der Waals surface area contributed by atoms with Crippen molar-refractivity contribution in [1.29, 1.82) is 0 Å². The number of aromatic amines is 1. The quantitative estimate of drug-likeness (QED) is 0.396. The van der Waals surface area contributed by atoms with Gasteiger partial charge in [0, 0.05) is 17.4 Å². The van der Waals surface area contributed by atoms with Crippen LogP contribution in [-0.4, -0.2) is 4.98 Å². The summed E-state index contributed by atoms with van der Waals surface area (Å²) < 4.78 is 0. The molecule has 0 saturated carbocycles. The molecule has 0 radical (unpaired) electrons. The maximum atomic E-state index is 13.1. The van der Waals surface area contributed by atoms with Crippen molar-refractivity contribution in [2.24, 2.45) is 0 Å². The summed E-state index contributed by atoms with van der Waals surface area (Å²) in [5, 5.41) is 4.45. The Labute approximate surface area is 163 Å². The lowest BCUT2D eigenvalue weighted by atomic mass is 9.93. The third-order valence-electron chi connectivity index (χ3n) is 5.30. The monoisotopic (exact) mass is 361 g/mol. The van der Waals surface area contributed by atoms with Crippen molar-refractivity contribution < 1.29 is 0 Å². The van der Waals surface area contributed by atoms with Crippen molar-refractivity contribution in [2.75, 3.05) is 0 Å². The molecule has 2 heteroatoms. The van der Waals surface area contributed by atoms with E-state index in [1.807, 2.05) is 54.6 Å². The molecule has 0 fully saturated rings. The van der Waals surface area contributed by atoms with E-state index in [1.165, 1.54) is 5.39 Å². The average molecular weight is 361 g/mol. The maximum absolute atomic E-state index is 13.1. The van der Waals surface area contributed by atoms with Crippen molar-refractivity contribution in [2.45, 2.75) is 6.42 Å². The summed E-state index contributed by atoms with van der Waals surface area (Å²) in [5.74, 6) is 0. The molecule has 0 atom stereocenters. The maximum Gasteiger partial charge on any atom is 0.252 e. The summed E-state index contributed by atoms with van der Waals surface area (Å²) in [7, 11) is 0. The normalized spacial score (nSPS) is 11.1. The fraction of sp³-hybridized carbons (Fsp3) is 0.0385. The van der Waals surface area contributed by atoms with E-state index >= 15 is 0 Å². The molecule has 0 aliphatic rings. The van der Waals surface area contributed by atoms with E-state index in [0.29, 0.717) is 6.42 Å². The number of benzene rings is 4. The zero-order valence-corrected chi connectivity index (χ0v) is 15.4. The molecule has 0 aliphatic heterocycles. The first kappa shape index (κ1) is 16.5. The van der Waals surface area contributed by atoms with E-state index in [1.54, 1.807) is 0 Å². The van der Waals surface area contributed by atoms with Crippen molar-refractivity contribution in [3.05, 3.63) is 119 Å². The van der Waals surface area contributed by atoms with Crippen LogP contribution in [0.4, 0.5) is 0 Å². The standard InChI is InChI=1S/C26H19NO/c28-26-23(17-18-9-3-1-4-10-18)22-16-15-19-11-7-8-14-21(19)24(22)25(27-26)20-12-5-2-6-13-20/h1-16H,17H2,(H,27,28). The molecule has 0 amide bonds. The molecule has 28 heavy (non-hydrogen) atoms. The topological polar surface area (TPSA) is 32.9 Å². The van der Waals surface area contributed by atoms with Gasteiger partial charge in [-0.25, -0.2) is 0 Å². The number of pyridine rings is 1. The molecule has 0 aliphatic carbocycles. The lowest BCUT2D eigenvalue weighted by Crippen LogP contribution is -2.15. The molecule has 1 aromatic heterocycles. The fourth-order valence-electron chi connectivity index (χ4n) is 3.96. The van der Waals surface area contributed by atoms with Crippen molar-refractivity contribution in [3.63, 3.8) is 0 Å². The number of hydrogen-bond donors (Lipinski definition) is 1. The first-order valence-electron chi connectivity index (χ1n) is 9.47. The smallest absolute Gasteiger partial charge is 0.252 e. The third-order valence-corrected chi connectivity index (χ3v) is 5.30. The number of hydrogen-bond acceptors (Lipinski definition) is 1. The summed E-state index contributed by atoms with van der Waals surface area (Å²) in [5.41, 5.74) is 3.83. The number of aromatic nitrogens is 1. The first-order valence-corrected chi connectivity index (χ1v) is 9.47. The van der Waals surface area contributed by atoms with Crippen molar-refractivity contribution in [3.8, 4) is 11.3 Å². The van der Waals surface area contributed by atoms with E-state index in [-0.39, 0.29) is 5.56 Å². The molecule has 0 bridgehead atoms. The van der Waals surface area contributed by atoms with Crippen LogP contribution in [0.3, 0.4) is 0 Å². The van der Waals surface area contributed by atoms with Gasteiger partial charge < -0.3 is 4.98 Å². The molecule has 1 N–H and O–H groups in total. The van der Waals surface area contributed by atoms with Gasteiger partial charge in [-0.2, -0.15) is 0 Å². The van der Waals surface area contributed by atoms with E-state index < -0.39 is 0 Å². The molecule has 1 heterocycles. The second kappa shape index (κ2) is 6.82. The highest BCUT2D eigenvalue weighted by Crippen LogP contribution is 2.34. The van der Waals surface area contributed by atoms with Crippen molar-refractivity contribution in [1.82, 2.24) is 4.98 Å². The van der Waals surface area contributed by atoms with Gasteiger partial charge >= 0.3 is 0 Å². The highest BCUT2D eigenvalue weighted by Gasteiger charge is 2.15. The molecular formula is C26H19NO. The molecule has 5 aromatic rings. The van der Waals surface area contributed by atoms with Crippen LogP contribution >= 0.6 is 0 Å². The molecule has 134 valence electrons. The van der Waals surface area contributed by atoms with Gasteiger partial charge in [0.2, 0.25) is 0 Å². The Bertz CT molecular complexity index is 1340.